The van der Waals surface area contributed by atoms with E-state index in [4.69, 9.17) is 11.0 Å². The van der Waals surface area contributed by atoms with Gasteiger partial charge in [-0.25, -0.2) is 0 Å². The molecule has 0 aliphatic heterocycles. The summed E-state index contributed by atoms with van der Waals surface area (Å²) in [5.41, 5.74) is 5.71. The molecule has 0 amide bonds. The molecule has 54 valence electrons. The summed E-state index contributed by atoms with van der Waals surface area (Å²) in [6.07, 6.45) is 0. The van der Waals surface area contributed by atoms with E-state index in [0.717, 1.165) is 11.8 Å². The van der Waals surface area contributed by atoms with E-state index in [2.05, 4.69) is 0 Å². The van der Waals surface area contributed by atoms with E-state index < -0.39 is 0 Å². The number of thiocyanates is 1. The number of nitriles is 1. The van der Waals surface area contributed by atoms with Gasteiger partial charge in [-0.2, -0.15) is 5.26 Å². The van der Waals surface area contributed by atoms with Crippen molar-refractivity contribution in [2.45, 2.75) is 13.8 Å². The summed E-state index contributed by atoms with van der Waals surface area (Å²) in [5.74, 6) is -0.161. The van der Waals surface area contributed by atoms with E-state index in [0.29, 0.717) is 10.6 Å². The molecule has 0 rings (SSSR count). The third-order valence-corrected chi connectivity index (χ3v) is 1.73. The van der Waals surface area contributed by atoms with Crippen LogP contribution in [0.5, 0.6) is 0 Å². The van der Waals surface area contributed by atoms with Crippen molar-refractivity contribution in [2.75, 3.05) is 0 Å². The minimum Gasteiger partial charge on any atom is -0.401 e. The van der Waals surface area contributed by atoms with Crippen molar-refractivity contribution < 1.29 is 4.79 Å². The van der Waals surface area contributed by atoms with Crippen molar-refractivity contribution in [3.8, 4) is 5.40 Å². The van der Waals surface area contributed by atoms with Crippen LogP contribution in [0.25, 0.3) is 0 Å². The molecule has 0 bridgehead atoms. The monoisotopic (exact) mass is 156 g/mol. The van der Waals surface area contributed by atoms with Crippen LogP contribution in [0.1, 0.15) is 13.8 Å². The van der Waals surface area contributed by atoms with Gasteiger partial charge in [0.15, 0.2) is 5.78 Å². The van der Waals surface area contributed by atoms with Crippen LogP contribution < -0.4 is 5.73 Å². The Morgan fingerprint density at radius 1 is 1.60 bits per heavy atom. The molecule has 0 atom stereocenters. The largest absolute Gasteiger partial charge is 0.401 e. The van der Waals surface area contributed by atoms with Crippen LogP contribution in [0.2, 0.25) is 0 Å². The van der Waals surface area contributed by atoms with E-state index in [1.165, 1.54) is 6.92 Å². The molecular weight excluding hydrogens is 148 g/mol. The van der Waals surface area contributed by atoms with Gasteiger partial charge >= 0.3 is 0 Å². The first kappa shape index (κ1) is 9.05. The highest BCUT2D eigenvalue weighted by molar-refractivity contribution is 8.08. The maximum Gasteiger partial charge on any atom is 0.168 e. The number of carbonyl (C=O) groups excluding carboxylic acids is 1. The molecule has 0 aromatic rings. The van der Waals surface area contributed by atoms with Crippen LogP contribution in [0, 0.1) is 10.7 Å². The minimum absolute atomic E-state index is 0.161. The van der Waals surface area contributed by atoms with Crippen molar-refractivity contribution >= 4 is 17.5 Å². The molecule has 0 saturated heterocycles. The third kappa shape index (κ3) is 2.55. The number of ketones is 1. The molecule has 0 aromatic carbocycles. The average molecular weight is 156 g/mol. The van der Waals surface area contributed by atoms with Crippen LogP contribution in [0.3, 0.4) is 0 Å². The number of thioether (sulfide) groups is 1. The van der Waals surface area contributed by atoms with Crippen molar-refractivity contribution in [1.82, 2.24) is 0 Å². The summed E-state index contributed by atoms with van der Waals surface area (Å²) in [5, 5.41) is 9.99. The first-order chi connectivity index (χ1) is 4.59. The van der Waals surface area contributed by atoms with E-state index in [-0.39, 0.29) is 5.78 Å². The Labute approximate surface area is 63.9 Å². The van der Waals surface area contributed by atoms with E-state index in [1.807, 2.05) is 0 Å². The SMILES string of the molecule is CC(=O)/C(SC#N)=C(/C)N. The number of rotatable bonds is 2. The Balaban J connectivity index is 4.48. The second kappa shape index (κ2) is 3.96. The maximum atomic E-state index is 10.7. The Morgan fingerprint density at radius 2 is 2.10 bits per heavy atom. The highest BCUT2D eigenvalue weighted by Gasteiger charge is 2.05. The van der Waals surface area contributed by atoms with Crippen LogP contribution in [0.4, 0.5) is 0 Å². The molecule has 0 fully saturated rings. The summed E-state index contributed by atoms with van der Waals surface area (Å²) in [6, 6.07) is 0. The number of Topliss-reactive ketones (excluding diaryl/α,β-unsaturated/α-hetero) is 1. The van der Waals surface area contributed by atoms with E-state index in [9.17, 15) is 4.79 Å². The Bertz CT molecular complexity index is 210. The summed E-state index contributed by atoms with van der Waals surface area (Å²) >= 11 is 0.803. The number of nitrogens with zero attached hydrogens (tertiary/aromatic N) is 1. The summed E-state index contributed by atoms with van der Waals surface area (Å²) < 4.78 is 0. The van der Waals surface area contributed by atoms with E-state index >= 15 is 0 Å². The fourth-order valence-corrected chi connectivity index (χ4v) is 0.872. The summed E-state index contributed by atoms with van der Waals surface area (Å²) in [4.78, 5) is 11.0. The van der Waals surface area contributed by atoms with E-state index in [1.54, 1.807) is 12.3 Å². The van der Waals surface area contributed by atoms with Gasteiger partial charge in [-0.3, -0.25) is 4.79 Å². The van der Waals surface area contributed by atoms with Gasteiger partial charge in [0.25, 0.3) is 0 Å². The molecule has 10 heavy (non-hydrogen) atoms. The maximum absolute atomic E-state index is 10.7. The summed E-state index contributed by atoms with van der Waals surface area (Å²) in [6.45, 7) is 2.98. The van der Waals surface area contributed by atoms with Gasteiger partial charge in [-0.05, 0) is 25.6 Å². The Morgan fingerprint density at radius 3 is 2.20 bits per heavy atom. The standard InChI is InChI=1S/C6H8N2OS/c1-4(8)6(5(2)9)10-3-7/h8H2,1-2H3/b6-4+. The predicted octanol–water partition coefficient (Wildman–Crippen LogP) is 0.980. The zero-order valence-corrected chi connectivity index (χ0v) is 6.66. The van der Waals surface area contributed by atoms with Gasteiger partial charge in [-0.1, -0.05) is 0 Å². The van der Waals surface area contributed by atoms with Crippen LogP contribution in [-0.2, 0) is 4.79 Å². The average Bonchev–Trinajstić information content (AvgIpc) is 1.81. The molecule has 0 aliphatic carbocycles. The molecule has 0 saturated carbocycles. The zero-order chi connectivity index (χ0) is 8.15. The van der Waals surface area contributed by atoms with Crippen LogP contribution in [0.15, 0.2) is 10.6 Å². The van der Waals surface area contributed by atoms with Crippen molar-refractivity contribution in [1.29, 1.82) is 5.26 Å². The first-order valence-corrected chi connectivity index (χ1v) is 3.44. The summed E-state index contributed by atoms with van der Waals surface area (Å²) in [7, 11) is 0. The van der Waals surface area contributed by atoms with Crippen LogP contribution in [-0.4, -0.2) is 5.78 Å². The van der Waals surface area contributed by atoms with Gasteiger partial charge in [0.05, 0.1) is 4.91 Å². The lowest BCUT2D eigenvalue weighted by Crippen LogP contribution is -2.02. The Hall–Kier alpha value is -0.950. The second-order valence-corrected chi connectivity index (χ2v) is 2.56. The predicted molar refractivity (Wildman–Crippen MR) is 40.8 cm³/mol. The van der Waals surface area contributed by atoms with Gasteiger partial charge < -0.3 is 5.73 Å². The number of nitrogens with two attached hydrogens (primary N) is 1. The molecule has 0 aliphatic rings. The molecular formula is C6H8N2OS. The number of hydrogen-bond donors (Lipinski definition) is 1. The lowest BCUT2D eigenvalue weighted by Gasteiger charge is -1.96. The lowest BCUT2D eigenvalue weighted by atomic mass is 10.3. The quantitative estimate of drug-likeness (QED) is 0.478. The lowest BCUT2D eigenvalue weighted by molar-refractivity contribution is -0.113. The Kier molecular flexibility index (Phi) is 3.59. The van der Waals surface area contributed by atoms with Crippen molar-refractivity contribution in [3.05, 3.63) is 10.6 Å². The number of hydrogen-bond acceptors (Lipinski definition) is 4. The van der Waals surface area contributed by atoms with Gasteiger partial charge in [0.1, 0.15) is 5.40 Å². The second-order valence-electron chi connectivity index (χ2n) is 1.76. The van der Waals surface area contributed by atoms with Gasteiger partial charge in [0, 0.05) is 5.70 Å². The topological polar surface area (TPSA) is 66.9 Å². The van der Waals surface area contributed by atoms with Gasteiger partial charge in [-0.15, -0.1) is 0 Å². The molecule has 0 unspecified atom stereocenters. The highest BCUT2D eigenvalue weighted by Crippen LogP contribution is 2.16. The van der Waals surface area contributed by atoms with Crippen LogP contribution >= 0.6 is 11.8 Å². The van der Waals surface area contributed by atoms with Crippen molar-refractivity contribution in [2.24, 2.45) is 5.73 Å². The smallest absolute Gasteiger partial charge is 0.168 e. The van der Waals surface area contributed by atoms with Crippen molar-refractivity contribution in [3.63, 3.8) is 0 Å². The van der Waals surface area contributed by atoms with Gasteiger partial charge in [0.2, 0.25) is 0 Å². The fourth-order valence-electron chi connectivity index (χ4n) is 0.476. The molecule has 0 radical (unpaired) electrons. The third-order valence-electron chi connectivity index (χ3n) is 0.826. The number of allylic oxidation sites excluding steroid dienone is 2. The molecule has 0 spiro atoms. The zero-order valence-electron chi connectivity index (χ0n) is 5.84. The minimum atomic E-state index is -0.161. The molecule has 3 nitrogen and oxygen atoms in total. The molecule has 2 N–H and O–H groups in total. The molecule has 0 aromatic heterocycles. The normalized spacial score (nSPS) is 11.7. The first-order valence-electron chi connectivity index (χ1n) is 2.62. The fraction of sp³-hybridized carbons (Fsp3) is 0.333. The highest BCUT2D eigenvalue weighted by atomic mass is 32.2. The molecule has 0 heterocycles. The number of carbonyl (C=O) groups is 1. The molecule has 4 heteroatoms.